The van der Waals surface area contributed by atoms with E-state index in [1.165, 1.54) is 37.1 Å². The number of furan rings is 1. The Bertz CT molecular complexity index is 1210. The highest BCUT2D eigenvalue weighted by Gasteiger charge is 2.25. The van der Waals surface area contributed by atoms with Gasteiger partial charge in [0.2, 0.25) is 14.9 Å². The molecule has 0 saturated carbocycles. The second-order valence-electron chi connectivity index (χ2n) is 9.03. The predicted octanol–water partition coefficient (Wildman–Crippen LogP) is 5.25. The maximum absolute atomic E-state index is 12.9. The number of benzene rings is 2. The summed E-state index contributed by atoms with van der Waals surface area (Å²) in [5.41, 5.74) is 1.10. The van der Waals surface area contributed by atoms with Gasteiger partial charge in [0.1, 0.15) is 5.75 Å². The van der Waals surface area contributed by atoms with Crippen LogP contribution >= 0.6 is 0 Å². The molecule has 1 fully saturated rings. The molecule has 0 bridgehead atoms. The number of nitrogens with one attached hydrogen (secondary N) is 1. The minimum absolute atomic E-state index is 0.00485. The van der Waals surface area contributed by atoms with E-state index in [4.69, 9.17) is 9.15 Å². The monoisotopic (exact) mass is 510 g/mol. The Morgan fingerprint density at radius 2 is 1.67 bits per heavy atom. The van der Waals surface area contributed by atoms with Gasteiger partial charge in [-0.05, 0) is 74.3 Å². The van der Waals surface area contributed by atoms with E-state index < -0.39 is 15.7 Å². The molecule has 1 aromatic heterocycles. The predicted molar refractivity (Wildman–Crippen MR) is 138 cm³/mol. The molecule has 1 unspecified atom stereocenters. The van der Waals surface area contributed by atoms with Crippen LogP contribution in [0.3, 0.4) is 0 Å². The van der Waals surface area contributed by atoms with Crippen molar-refractivity contribution in [3.63, 3.8) is 0 Å². The van der Waals surface area contributed by atoms with Gasteiger partial charge >= 0.3 is 0 Å². The summed E-state index contributed by atoms with van der Waals surface area (Å²) in [7, 11) is -3.82. The van der Waals surface area contributed by atoms with E-state index in [-0.39, 0.29) is 21.8 Å². The maximum atomic E-state index is 12.9. The Hall–Kier alpha value is -3.10. The van der Waals surface area contributed by atoms with Crippen molar-refractivity contribution < 1.29 is 22.4 Å². The molecule has 1 aliphatic heterocycles. The molecular weight excluding hydrogens is 476 g/mol. The van der Waals surface area contributed by atoms with Crippen LogP contribution in [0.2, 0.25) is 0 Å². The smallest absolute Gasteiger partial charge is 0.287 e. The van der Waals surface area contributed by atoms with Crippen LogP contribution in [0.5, 0.6) is 5.75 Å². The average Bonchev–Trinajstić information content (AvgIpc) is 3.27. The third-order valence-electron chi connectivity index (χ3n) is 6.40. The Balaban J connectivity index is 1.48. The van der Waals surface area contributed by atoms with Crippen LogP contribution in [-0.4, -0.2) is 45.5 Å². The number of nitrogens with zero attached hydrogens (tertiary/aromatic N) is 1. The van der Waals surface area contributed by atoms with Crippen molar-refractivity contribution in [1.29, 1.82) is 0 Å². The van der Waals surface area contributed by atoms with Gasteiger partial charge < -0.3 is 14.5 Å². The highest BCUT2D eigenvalue weighted by atomic mass is 32.2. The zero-order valence-electron chi connectivity index (χ0n) is 20.7. The third kappa shape index (κ3) is 6.36. The fraction of sp³-hybridized carbons (Fsp3) is 0.393. The second kappa shape index (κ2) is 12.2. The summed E-state index contributed by atoms with van der Waals surface area (Å²) in [6.07, 6.45) is 5.63. The molecule has 0 spiro atoms. The van der Waals surface area contributed by atoms with Crippen LogP contribution in [0.15, 0.2) is 81.1 Å². The Labute approximate surface area is 213 Å². The zero-order valence-corrected chi connectivity index (χ0v) is 21.5. The van der Waals surface area contributed by atoms with Gasteiger partial charge in [0.05, 0.1) is 17.5 Å². The van der Waals surface area contributed by atoms with Gasteiger partial charge in [-0.3, -0.25) is 9.69 Å². The van der Waals surface area contributed by atoms with Crippen LogP contribution < -0.4 is 10.1 Å². The van der Waals surface area contributed by atoms with E-state index in [2.05, 4.69) is 29.3 Å². The van der Waals surface area contributed by atoms with Crippen molar-refractivity contribution in [3.05, 3.63) is 78.1 Å². The summed E-state index contributed by atoms with van der Waals surface area (Å²) in [6.45, 7) is 5.07. The molecule has 2 aromatic carbocycles. The fourth-order valence-electron chi connectivity index (χ4n) is 4.45. The summed E-state index contributed by atoms with van der Waals surface area (Å²) in [6, 6.07) is 18.9. The summed E-state index contributed by atoms with van der Waals surface area (Å²) < 4.78 is 36.8. The van der Waals surface area contributed by atoms with E-state index in [1.807, 2.05) is 12.1 Å². The minimum atomic E-state index is -3.82. The third-order valence-corrected chi connectivity index (χ3v) is 8.04. The molecule has 8 heteroatoms. The molecule has 4 rings (SSSR count). The summed E-state index contributed by atoms with van der Waals surface area (Å²) in [5, 5.41) is 2.72. The molecule has 192 valence electrons. The van der Waals surface area contributed by atoms with E-state index in [1.54, 1.807) is 18.2 Å². The van der Waals surface area contributed by atoms with Crippen LogP contribution in [-0.2, 0) is 9.84 Å². The van der Waals surface area contributed by atoms with Crippen molar-refractivity contribution in [2.24, 2.45) is 0 Å². The van der Waals surface area contributed by atoms with Crippen molar-refractivity contribution in [3.8, 4) is 5.75 Å². The number of likely N-dealkylation sites (tertiary alicyclic amines) is 1. The topological polar surface area (TPSA) is 88.8 Å². The molecule has 36 heavy (non-hydrogen) atoms. The van der Waals surface area contributed by atoms with E-state index in [0.717, 1.165) is 43.7 Å². The minimum Gasteiger partial charge on any atom is -0.494 e. The SMILES string of the molecule is CCCOc1ccc(C(CNC(=O)c2ccc(S(=O)(=O)c3ccccc3)o2)N2CCCCCC2)cc1. The van der Waals surface area contributed by atoms with Crippen LogP contribution in [0.4, 0.5) is 0 Å². The van der Waals surface area contributed by atoms with E-state index in [0.29, 0.717) is 13.2 Å². The number of rotatable bonds is 10. The zero-order chi connectivity index (χ0) is 25.4. The first-order valence-corrected chi connectivity index (χ1v) is 14.1. The molecular formula is C28H34N2O5S. The summed E-state index contributed by atoms with van der Waals surface area (Å²) in [4.78, 5) is 15.5. The molecule has 7 nitrogen and oxygen atoms in total. The molecule has 1 atom stereocenters. The van der Waals surface area contributed by atoms with Crippen LogP contribution in [0.1, 0.15) is 61.2 Å². The highest BCUT2D eigenvalue weighted by molar-refractivity contribution is 7.91. The largest absolute Gasteiger partial charge is 0.494 e. The van der Waals surface area contributed by atoms with Crippen molar-refractivity contribution in [2.45, 2.75) is 55.1 Å². The molecule has 3 aromatic rings. The van der Waals surface area contributed by atoms with E-state index in [9.17, 15) is 13.2 Å². The number of carbonyl (C=O) groups excluding carboxylic acids is 1. The van der Waals surface area contributed by atoms with Gasteiger partial charge in [0.25, 0.3) is 5.91 Å². The van der Waals surface area contributed by atoms with Crippen LogP contribution in [0.25, 0.3) is 0 Å². The Morgan fingerprint density at radius 1 is 0.972 bits per heavy atom. The van der Waals surface area contributed by atoms with Gasteiger partial charge in [-0.2, -0.15) is 0 Å². The molecule has 1 aliphatic rings. The van der Waals surface area contributed by atoms with Crippen molar-refractivity contribution in [2.75, 3.05) is 26.2 Å². The first kappa shape index (κ1) is 26.0. The Morgan fingerprint density at radius 3 is 2.33 bits per heavy atom. The highest BCUT2D eigenvalue weighted by Crippen LogP contribution is 2.27. The number of carbonyl (C=O) groups is 1. The maximum Gasteiger partial charge on any atom is 0.287 e. The molecule has 0 aliphatic carbocycles. The molecule has 1 saturated heterocycles. The lowest BCUT2D eigenvalue weighted by molar-refractivity contribution is 0.0900. The van der Waals surface area contributed by atoms with Gasteiger partial charge in [0.15, 0.2) is 5.76 Å². The lowest BCUT2D eigenvalue weighted by atomic mass is 10.0. The van der Waals surface area contributed by atoms with Crippen molar-refractivity contribution >= 4 is 15.7 Å². The molecule has 2 heterocycles. The molecule has 1 amide bonds. The quantitative estimate of drug-likeness (QED) is 0.401. The number of sulfone groups is 1. The molecule has 0 radical (unpaired) electrons. The lowest BCUT2D eigenvalue weighted by Gasteiger charge is -2.31. The number of hydrogen-bond acceptors (Lipinski definition) is 6. The van der Waals surface area contributed by atoms with Gasteiger partial charge in [0, 0.05) is 6.54 Å². The second-order valence-corrected chi connectivity index (χ2v) is 10.9. The van der Waals surface area contributed by atoms with Gasteiger partial charge in [-0.15, -0.1) is 0 Å². The summed E-state index contributed by atoms with van der Waals surface area (Å²) in [5.74, 6) is 0.372. The first-order chi connectivity index (χ1) is 17.5. The lowest BCUT2D eigenvalue weighted by Crippen LogP contribution is -2.38. The number of ether oxygens (including phenoxy) is 1. The number of hydrogen-bond donors (Lipinski definition) is 1. The van der Waals surface area contributed by atoms with Crippen molar-refractivity contribution in [1.82, 2.24) is 10.2 Å². The fourth-order valence-corrected chi connectivity index (χ4v) is 5.64. The van der Waals surface area contributed by atoms with E-state index >= 15 is 0 Å². The average molecular weight is 511 g/mol. The first-order valence-electron chi connectivity index (χ1n) is 12.6. The standard InChI is InChI=1S/C28H34N2O5S/c1-2-20-34-23-14-12-22(13-15-23)25(30-18-8-3-4-9-19-30)21-29-28(31)26-16-17-27(35-26)36(32,33)24-10-6-5-7-11-24/h5-7,10-17,25H,2-4,8-9,18-21H2,1H3,(H,29,31). The number of amides is 1. The normalized spacial score (nSPS) is 15.7. The Kier molecular flexibility index (Phi) is 8.83. The van der Waals surface area contributed by atoms with Gasteiger partial charge in [-0.1, -0.05) is 50.1 Å². The summed E-state index contributed by atoms with van der Waals surface area (Å²) >= 11 is 0. The van der Waals surface area contributed by atoms with Crippen LogP contribution in [0, 0.1) is 0 Å². The molecule has 1 N–H and O–H groups in total. The van der Waals surface area contributed by atoms with Gasteiger partial charge in [-0.25, -0.2) is 8.42 Å².